The molecule has 0 atom stereocenters. The second-order valence-corrected chi connectivity index (χ2v) is 4.16. The fraction of sp³-hybridized carbons (Fsp3) is 0. The number of nitrogens with one attached hydrogen (secondary N) is 2. The van der Waals surface area contributed by atoms with Crippen molar-refractivity contribution in [2.24, 2.45) is 0 Å². The first-order chi connectivity index (χ1) is 9.18. The lowest BCUT2D eigenvalue weighted by Crippen LogP contribution is -2.16. The molecule has 0 saturated heterocycles. The normalized spacial score (nSPS) is 10.7. The summed E-state index contributed by atoms with van der Waals surface area (Å²) in [6.45, 7) is 0. The number of fused-ring (bicyclic) bond motifs is 1. The van der Waals surface area contributed by atoms with Crippen molar-refractivity contribution in [3.63, 3.8) is 0 Å². The highest BCUT2D eigenvalue weighted by atomic mass is 16.4. The largest absolute Gasteiger partial charge is 0.477 e. The van der Waals surface area contributed by atoms with Gasteiger partial charge in [-0.25, -0.2) is 4.79 Å². The van der Waals surface area contributed by atoms with Crippen LogP contribution in [0.5, 0.6) is 0 Å². The summed E-state index contributed by atoms with van der Waals surface area (Å²) in [6, 6.07) is 7.54. The van der Waals surface area contributed by atoms with E-state index < -0.39 is 11.4 Å². The Hall–Kier alpha value is -2.82. The van der Waals surface area contributed by atoms with Gasteiger partial charge in [0.1, 0.15) is 5.56 Å². The first kappa shape index (κ1) is 11.3. The van der Waals surface area contributed by atoms with E-state index in [0.717, 1.165) is 10.9 Å². The molecular weight excluding hydrogens is 244 g/mol. The minimum atomic E-state index is -1.23. The molecule has 5 nitrogen and oxygen atoms in total. The Morgan fingerprint density at radius 3 is 2.63 bits per heavy atom. The Kier molecular flexibility index (Phi) is 2.45. The highest BCUT2D eigenvalue weighted by Crippen LogP contribution is 2.25. The van der Waals surface area contributed by atoms with Crippen LogP contribution in [0.1, 0.15) is 10.4 Å². The second-order valence-electron chi connectivity index (χ2n) is 4.16. The van der Waals surface area contributed by atoms with Gasteiger partial charge in [0, 0.05) is 40.6 Å². The first-order valence-corrected chi connectivity index (χ1v) is 5.69. The van der Waals surface area contributed by atoms with Crippen LogP contribution in [0.3, 0.4) is 0 Å². The maximum absolute atomic E-state index is 12.1. The van der Waals surface area contributed by atoms with E-state index in [1.54, 1.807) is 6.20 Å². The Morgan fingerprint density at radius 1 is 1.05 bits per heavy atom. The number of aromatic nitrogens is 2. The standard InChI is InChI=1S/C14H10N2O3/c17-13-10(5-15-6-11(13)14(18)19)9-7-16-12-4-2-1-3-8(9)12/h1-7,16H,(H,15,17)(H,18,19). The summed E-state index contributed by atoms with van der Waals surface area (Å²) < 4.78 is 0. The molecule has 19 heavy (non-hydrogen) atoms. The zero-order valence-electron chi connectivity index (χ0n) is 9.81. The lowest BCUT2D eigenvalue weighted by Gasteiger charge is -2.00. The van der Waals surface area contributed by atoms with Crippen LogP contribution in [0.2, 0.25) is 0 Å². The van der Waals surface area contributed by atoms with E-state index >= 15 is 0 Å². The maximum Gasteiger partial charge on any atom is 0.341 e. The van der Waals surface area contributed by atoms with Gasteiger partial charge in [0.15, 0.2) is 0 Å². The average Bonchev–Trinajstić information content (AvgIpc) is 2.82. The number of hydrogen-bond donors (Lipinski definition) is 3. The van der Waals surface area contributed by atoms with Gasteiger partial charge in [-0.3, -0.25) is 4.79 Å². The summed E-state index contributed by atoms with van der Waals surface area (Å²) in [5.41, 5.74) is 1.19. The molecule has 5 heteroatoms. The molecule has 3 rings (SSSR count). The predicted molar refractivity (Wildman–Crippen MR) is 71.3 cm³/mol. The lowest BCUT2D eigenvalue weighted by molar-refractivity contribution is 0.0695. The molecule has 3 aromatic rings. The molecule has 0 aliphatic heterocycles. The molecule has 94 valence electrons. The second kappa shape index (κ2) is 4.13. The van der Waals surface area contributed by atoms with Crippen LogP contribution in [-0.2, 0) is 0 Å². The Labute approximate surface area is 107 Å². The van der Waals surface area contributed by atoms with Crippen molar-refractivity contribution in [1.29, 1.82) is 0 Å². The van der Waals surface area contributed by atoms with Crippen molar-refractivity contribution in [3.05, 3.63) is 58.6 Å². The van der Waals surface area contributed by atoms with Crippen LogP contribution < -0.4 is 5.43 Å². The molecule has 2 heterocycles. The zero-order valence-corrected chi connectivity index (χ0v) is 9.81. The quantitative estimate of drug-likeness (QED) is 0.655. The van der Waals surface area contributed by atoms with E-state index in [0.29, 0.717) is 11.1 Å². The molecule has 0 aliphatic rings. The van der Waals surface area contributed by atoms with Crippen molar-refractivity contribution >= 4 is 16.9 Å². The maximum atomic E-state index is 12.1. The van der Waals surface area contributed by atoms with Gasteiger partial charge < -0.3 is 15.1 Å². The van der Waals surface area contributed by atoms with E-state index in [1.807, 2.05) is 24.3 Å². The van der Waals surface area contributed by atoms with Crippen LogP contribution in [-0.4, -0.2) is 21.0 Å². The summed E-state index contributed by atoms with van der Waals surface area (Å²) in [5, 5.41) is 9.86. The SMILES string of the molecule is O=C(O)c1c[nH]cc(-c2c[nH]c3ccccc23)c1=O. The van der Waals surface area contributed by atoms with Gasteiger partial charge in [-0.2, -0.15) is 0 Å². The van der Waals surface area contributed by atoms with E-state index in [1.165, 1.54) is 12.4 Å². The van der Waals surface area contributed by atoms with Gasteiger partial charge in [-0.1, -0.05) is 18.2 Å². The fourth-order valence-corrected chi connectivity index (χ4v) is 2.14. The Bertz CT molecular complexity index is 830. The summed E-state index contributed by atoms with van der Waals surface area (Å²) in [4.78, 5) is 28.9. The van der Waals surface area contributed by atoms with Crippen LogP contribution in [0.25, 0.3) is 22.0 Å². The van der Waals surface area contributed by atoms with Crippen molar-refractivity contribution in [1.82, 2.24) is 9.97 Å². The van der Waals surface area contributed by atoms with Crippen molar-refractivity contribution in [2.45, 2.75) is 0 Å². The number of rotatable bonds is 2. The third-order valence-corrected chi connectivity index (χ3v) is 3.05. The molecule has 0 spiro atoms. The molecule has 0 saturated carbocycles. The molecule has 0 aliphatic carbocycles. The summed E-state index contributed by atoms with van der Waals surface area (Å²) in [6.07, 6.45) is 4.42. The van der Waals surface area contributed by atoms with Gasteiger partial charge in [0.2, 0.25) is 5.43 Å². The molecule has 0 radical (unpaired) electrons. The summed E-state index contributed by atoms with van der Waals surface area (Å²) >= 11 is 0. The van der Waals surface area contributed by atoms with Gasteiger partial charge in [-0.05, 0) is 6.07 Å². The third-order valence-electron chi connectivity index (χ3n) is 3.05. The third kappa shape index (κ3) is 1.72. The number of benzene rings is 1. The van der Waals surface area contributed by atoms with Crippen molar-refractivity contribution in [2.75, 3.05) is 0 Å². The Morgan fingerprint density at radius 2 is 1.84 bits per heavy atom. The van der Waals surface area contributed by atoms with E-state index in [4.69, 9.17) is 5.11 Å². The number of carboxylic acids is 1. The number of pyridine rings is 1. The Balaban J connectivity index is 2.31. The predicted octanol–water partition coefficient (Wildman–Crippen LogP) is 2.22. The van der Waals surface area contributed by atoms with Crippen LogP contribution in [0.4, 0.5) is 0 Å². The molecular formula is C14H10N2O3. The van der Waals surface area contributed by atoms with Gasteiger partial charge in [0.05, 0.1) is 0 Å². The fourth-order valence-electron chi connectivity index (χ4n) is 2.14. The number of aromatic amines is 2. The first-order valence-electron chi connectivity index (χ1n) is 5.69. The lowest BCUT2D eigenvalue weighted by atomic mass is 10.0. The van der Waals surface area contributed by atoms with Crippen LogP contribution >= 0.6 is 0 Å². The molecule has 0 unspecified atom stereocenters. The smallest absolute Gasteiger partial charge is 0.341 e. The van der Waals surface area contributed by atoms with E-state index in [2.05, 4.69) is 9.97 Å². The number of aromatic carboxylic acids is 1. The monoisotopic (exact) mass is 254 g/mol. The number of para-hydroxylation sites is 1. The van der Waals surface area contributed by atoms with Crippen molar-refractivity contribution < 1.29 is 9.90 Å². The molecule has 2 aromatic heterocycles. The zero-order chi connectivity index (χ0) is 13.4. The summed E-state index contributed by atoms with van der Waals surface area (Å²) in [5.74, 6) is -1.23. The van der Waals surface area contributed by atoms with Crippen molar-refractivity contribution in [3.8, 4) is 11.1 Å². The van der Waals surface area contributed by atoms with Crippen LogP contribution in [0, 0.1) is 0 Å². The molecule has 1 aromatic carbocycles. The highest BCUT2D eigenvalue weighted by molar-refractivity contribution is 5.96. The number of carbonyl (C=O) groups is 1. The van der Waals surface area contributed by atoms with Gasteiger partial charge in [-0.15, -0.1) is 0 Å². The number of H-pyrrole nitrogens is 2. The van der Waals surface area contributed by atoms with Gasteiger partial charge >= 0.3 is 5.97 Å². The van der Waals surface area contributed by atoms with Crippen LogP contribution in [0.15, 0.2) is 47.7 Å². The number of hydrogen-bond acceptors (Lipinski definition) is 2. The van der Waals surface area contributed by atoms with Gasteiger partial charge in [0.25, 0.3) is 0 Å². The van der Waals surface area contributed by atoms with E-state index in [-0.39, 0.29) is 5.56 Å². The highest BCUT2D eigenvalue weighted by Gasteiger charge is 2.15. The van der Waals surface area contributed by atoms with E-state index in [9.17, 15) is 9.59 Å². The molecule has 0 bridgehead atoms. The average molecular weight is 254 g/mol. The topological polar surface area (TPSA) is 85.9 Å². The minimum absolute atomic E-state index is 0.261. The molecule has 0 amide bonds. The minimum Gasteiger partial charge on any atom is -0.477 e. The molecule has 0 fully saturated rings. The summed E-state index contributed by atoms with van der Waals surface area (Å²) in [7, 11) is 0. The number of carboxylic acid groups (broad SMARTS) is 1. The molecule has 3 N–H and O–H groups in total.